The van der Waals surface area contributed by atoms with E-state index in [4.69, 9.17) is 16.3 Å². The second kappa shape index (κ2) is 8.41. The van der Waals surface area contributed by atoms with Crippen LogP contribution < -0.4 is 15.6 Å². The Morgan fingerprint density at radius 3 is 2.26 bits per heavy atom. The predicted octanol–water partition coefficient (Wildman–Crippen LogP) is 2.20. The van der Waals surface area contributed by atoms with E-state index >= 15 is 0 Å². The van der Waals surface area contributed by atoms with Gasteiger partial charge >= 0.3 is 0 Å². The maximum absolute atomic E-state index is 12.1. The SMILES string of the molecule is Cc1cc(C)cc(OCC(=O)NNC(=O)c2ccc(Cl)c(S(C)(=O)=O)c2)c1. The molecule has 0 aliphatic heterocycles. The second-order valence-electron chi connectivity index (χ2n) is 6.03. The quantitative estimate of drug-likeness (QED) is 0.736. The molecule has 0 saturated carbocycles. The molecule has 2 aromatic rings. The average molecular weight is 411 g/mol. The Morgan fingerprint density at radius 2 is 1.67 bits per heavy atom. The number of hydrazine groups is 1. The van der Waals surface area contributed by atoms with Crippen LogP contribution in [0.4, 0.5) is 0 Å². The van der Waals surface area contributed by atoms with E-state index in [0.29, 0.717) is 5.75 Å². The van der Waals surface area contributed by atoms with Crippen molar-refractivity contribution in [1.82, 2.24) is 10.9 Å². The topological polar surface area (TPSA) is 102 Å². The molecule has 0 spiro atoms. The zero-order chi connectivity index (χ0) is 20.2. The van der Waals surface area contributed by atoms with E-state index in [2.05, 4.69) is 10.9 Å². The molecule has 27 heavy (non-hydrogen) atoms. The monoisotopic (exact) mass is 410 g/mol. The van der Waals surface area contributed by atoms with E-state index in [9.17, 15) is 18.0 Å². The summed E-state index contributed by atoms with van der Waals surface area (Å²) in [5, 5.41) is 0.0138. The van der Waals surface area contributed by atoms with Crippen molar-refractivity contribution in [1.29, 1.82) is 0 Å². The van der Waals surface area contributed by atoms with Crippen LogP contribution in [0.15, 0.2) is 41.3 Å². The fraction of sp³-hybridized carbons (Fsp3) is 0.222. The predicted molar refractivity (Wildman–Crippen MR) is 102 cm³/mol. The fourth-order valence-electron chi connectivity index (χ4n) is 2.33. The number of hydrogen-bond acceptors (Lipinski definition) is 5. The molecular formula is C18H19ClN2O5S. The number of benzene rings is 2. The van der Waals surface area contributed by atoms with Gasteiger partial charge in [-0.25, -0.2) is 8.42 Å². The minimum atomic E-state index is -3.59. The molecule has 0 bridgehead atoms. The lowest BCUT2D eigenvalue weighted by atomic mass is 10.1. The van der Waals surface area contributed by atoms with Crippen LogP contribution >= 0.6 is 11.6 Å². The first-order valence-corrected chi connectivity index (χ1v) is 10.1. The van der Waals surface area contributed by atoms with Gasteiger partial charge in [0.05, 0.1) is 9.92 Å². The summed E-state index contributed by atoms with van der Waals surface area (Å²) in [6, 6.07) is 9.36. The van der Waals surface area contributed by atoms with Crippen LogP contribution in [0.25, 0.3) is 0 Å². The van der Waals surface area contributed by atoms with Gasteiger partial charge in [0.2, 0.25) is 0 Å². The molecule has 0 saturated heterocycles. The van der Waals surface area contributed by atoms with Crippen molar-refractivity contribution < 1.29 is 22.7 Å². The lowest BCUT2D eigenvalue weighted by molar-refractivity contribution is -0.123. The Hall–Kier alpha value is -2.58. The maximum Gasteiger partial charge on any atom is 0.276 e. The number of halogens is 1. The Balaban J connectivity index is 1.94. The largest absolute Gasteiger partial charge is 0.484 e. The van der Waals surface area contributed by atoms with Gasteiger partial charge in [-0.05, 0) is 55.3 Å². The first-order valence-electron chi connectivity index (χ1n) is 7.86. The van der Waals surface area contributed by atoms with Gasteiger partial charge in [0.1, 0.15) is 5.75 Å². The van der Waals surface area contributed by atoms with Crippen LogP contribution in [-0.2, 0) is 14.6 Å². The third-order valence-electron chi connectivity index (χ3n) is 3.47. The summed E-state index contributed by atoms with van der Waals surface area (Å²) in [6.45, 7) is 3.53. The van der Waals surface area contributed by atoms with Crippen molar-refractivity contribution >= 4 is 33.3 Å². The number of amides is 2. The van der Waals surface area contributed by atoms with Gasteiger partial charge in [-0.3, -0.25) is 20.4 Å². The number of rotatable bonds is 5. The molecular weight excluding hydrogens is 392 g/mol. The first-order chi connectivity index (χ1) is 12.6. The molecule has 0 aliphatic rings. The van der Waals surface area contributed by atoms with Crippen LogP contribution in [-0.4, -0.2) is 33.1 Å². The highest BCUT2D eigenvalue weighted by Gasteiger charge is 2.16. The van der Waals surface area contributed by atoms with E-state index in [0.717, 1.165) is 23.4 Å². The summed E-state index contributed by atoms with van der Waals surface area (Å²) >= 11 is 5.84. The molecule has 0 aliphatic carbocycles. The third kappa shape index (κ3) is 5.97. The summed E-state index contributed by atoms with van der Waals surface area (Å²) in [5.74, 6) is -0.708. The zero-order valence-corrected chi connectivity index (χ0v) is 16.6. The van der Waals surface area contributed by atoms with Gasteiger partial charge in [0, 0.05) is 11.8 Å². The molecule has 0 aromatic heterocycles. The number of carbonyl (C=O) groups is 2. The normalized spacial score (nSPS) is 11.0. The first kappa shape index (κ1) is 20.7. The van der Waals surface area contributed by atoms with Gasteiger partial charge in [0.25, 0.3) is 11.8 Å². The van der Waals surface area contributed by atoms with Crippen LogP contribution in [0.3, 0.4) is 0 Å². The number of sulfone groups is 1. The molecule has 2 rings (SSSR count). The molecule has 9 heteroatoms. The van der Waals surface area contributed by atoms with E-state index in [1.807, 2.05) is 19.9 Å². The Labute approximate surface area is 162 Å². The van der Waals surface area contributed by atoms with Crippen molar-refractivity contribution in [2.24, 2.45) is 0 Å². The smallest absolute Gasteiger partial charge is 0.276 e. The standard InChI is InChI=1S/C18H19ClN2O5S/c1-11-6-12(2)8-14(7-11)26-10-17(22)20-21-18(23)13-4-5-15(19)16(9-13)27(3,24)25/h4-9H,10H2,1-3H3,(H,20,22)(H,21,23). The van der Waals surface area contributed by atoms with Crippen molar-refractivity contribution in [3.05, 3.63) is 58.1 Å². The summed E-state index contributed by atoms with van der Waals surface area (Å²) in [5.41, 5.74) is 6.45. The lowest BCUT2D eigenvalue weighted by Crippen LogP contribution is -2.43. The van der Waals surface area contributed by atoms with Crippen LogP contribution in [0.2, 0.25) is 5.02 Å². The minimum Gasteiger partial charge on any atom is -0.484 e. The molecule has 0 fully saturated rings. The molecule has 0 atom stereocenters. The van der Waals surface area contributed by atoms with Gasteiger partial charge < -0.3 is 4.74 Å². The van der Waals surface area contributed by atoms with E-state index < -0.39 is 21.7 Å². The Bertz CT molecular complexity index is 969. The van der Waals surface area contributed by atoms with Crippen molar-refractivity contribution in [2.45, 2.75) is 18.7 Å². The number of aryl methyl sites for hydroxylation is 2. The third-order valence-corrected chi connectivity index (χ3v) is 5.05. The van der Waals surface area contributed by atoms with E-state index in [1.165, 1.54) is 12.1 Å². The maximum atomic E-state index is 12.1. The molecule has 2 aromatic carbocycles. The number of nitrogens with one attached hydrogen (secondary N) is 2. The van der Waals surface area contributed by atoms with Crippen LogP contribution in [0.5, 0.6) is 5.75 Å². The van der Waals surface area contributed by atoms with Crippen LogP contribution in [0, 0.1) is 13.8 Å². The molecule has 0 unspecified atom stereocenters. The molecule has 0 radical (unpaired) electrons. The molecule has 2 amide bonds. The lowest BCUT2D eigenvalue weighted by Gasteiger charge is -2.10. The zero-order valence-electron chi connectivity index (χ0n) is 15.0. The summed E-state index contributed by atoms with van der Waals surface area (Å²) < 4.78 is 28.7. The Kier molecular flexibility index (Phi) is 6.45. The van der Waals surface area contributed by atoms with E-state index in [-0.39, 0.29) is 22.1 Å². The minimum absolute atomic E-state index is 0.0138. The second-order valence-corrected chi connectivity index (χ2v) is 8.42. The number of hydrogen-bond donors (Lipinski definition) is 2. The van der Waals surface area contributed by atoms with E-state index in [1.54, 1.807) is 12.1 Å². The average Bonchev–Trinajstić information content (AvgIpc) is 2.56. The highest BCUT2D eigenvalue weighted by atomic mass is 35.5. The van der Waals surface area contributed by atoms with Gasteiger partial charge in [-0.15, -0.1) is 0 Å². The highest BCUT2D eigenvalue weighted by molar-refractivity contribution is 7.90. The number of ether oxygens (including phenoxy) is 1. The Morgan fingerprint density at radius 1 is 1.04 bits per heavy atom. The molecule has 0 heterocycles. The summed E-state index contributed by atoms with van der Waals surface area (Å²) in [7, 11) is -3.59. The molecule has 144 valence electrons. The van der Waals surface area contributed by atoms with Crippen molar-refractivity contribution in [2.75, 3.05) is 12.9 Å². The molecule has 2 N–H and O–H groups in total. The van der Waals surface area contributed by atoms with Crippen LogP contribution in [0.1, 0.15) is 21.5 Å². The summed E-state index contributed by atoms with van der Waals surface area (Å²) in [6.07, 6.45) is 0.988. The van der Waals surface area contributed by atoms with Gasteiger partial charge in [-0.2, -0.15) is 0 Å². The van der Waals surface area contributed by atoms with Crippen molar-refractivity contribution in [3.8, 4) is 5.75 Å². The van der Waals surface area contributed by atoms with Gasteiger partial charge in [-0.1, -0.05) is 17.7 Å². The fourth-order valence-corrected chi connectivity index (χ4v) is 3.63. The number of carbonyl (C=O) groups excluding carboxylic acids is 2. The van der Waals surface area contributed by atoms with Crippen molar-refractivity contribution in [3.63, 3.8) is 0 Å². The van der Waals surface area contributed by atoms with Gasteiger partial charge in [0.15, 0.2) is 16.4 Å². The molecule has 7 nitrogen and oxygen atoms in total. The highest BCUT2D eigenvalue weighted by Crippen LogP contribution is 2.22. The summed E-state index contributed by atoms with van der Waals surface area (Å²) in [4.78, 5) is 23.8.